The molecule has 0 radical (unpaired) electrons. The van der Waals surface area contributed by atoms with Crippen LogP contribution >= 0.6 is 0 Å². The summed E-state index contributed by atoms with van der Waals surface area (Å²) in [5.41, 5.74) is -5.33. The van der Waals surface area contributed by atoms with E-state index in [1.54, 1.807) is 13.8 Å². The van der Waals surface area contributed by atoms with Crippen molar-refractivity contribution in [1.29, 1.82) is 0 Å². The van der Waals surface area contributed by atoms with Gasteiger partial charge in [0.15, 0.2) is 49.8 Å². The summed E-state index contributed by atoms with van der Waals surface area (Å²) in [5, 5.41) is 223. The highest BCUT2D eigenvalue weighted by molar-refractivity contribution is 5.80. The Balaban J connectivity index is 0.732. The van der Waals surface area contributed by atoms with Gasteiger partial charge in [0.1, 0.15) is 146 Å². The molecule has 39 nitrogen and oxygen atoms in total. The smallest absolute Gasteiger partial charge is 0.335 e. The minimum absolute atomic E-state index is 0.0287. The van der Waals surface area contributed by atoms with Crippen LogP contribution in [0, 0.1) is 50.2 Å². The number of hydrogen-bond donors (Lipinski definition) is 20. The first kappa shape index (κ1) is 98.1. The first-order chi connectivity index (χ1) is 58.5. The molecule has 124 heavy (non-hydrogen) atoms. The van der Waals surface area contributed by atoms with E-state index in [9.17, 15) is 117 Å². The molecule has 39 heteroatoms. The SMILES string of the molecule is CCC1OC(OCCCCCCCCCCCC(=O)N(C)[C@H]2C(CO)O[C@@H]3C(OC3(OC(=O)[C@]34CCC(C)(C)CC3C3=CCC5C6(C)CC[C@H](O[C@@H]7OC(C(=O)O)[C@@H](O)[C@H](O[C@@H]8OC[C@@H](O)[C@H](O)C8O)C7O[C@@H]7OC(CO)[C@H](O)[C@H](O)C7O)[C@](C)(C=O)[C@@H]6CC[C@]5(C)[C@]3(C)CC4O)[C@@H]3OC(C)[C@H](O[C@@H]4OC[C@@H](O)C(O)C4O)C(O)C3O)C2O)C(O)C(O)[C@H]1O. The number of nitrogens with zero attached hydrogens (tertiary/aromatic N) is 1. The van der Waals surface area contributed by atoms with Crippen molar-refractivity contribution in [2.24, 2.45) is 50.2 Å². The number of rotatable bonds is 30. The Morgan fingerprint density at radius 2 is 1.11 bits per heavy atom. The minimum Gasteiger partial charge on any atom is -0.479 e. The fraction of sp³-hybridized carbons (Fsp3) is 0.929. The maximum atomic E-state index is 16.6. The lowest BCUT2D eigenvalue weighted by atomic mass is 9.33. The van der Waals surface area contributed by atoms with Gasteiger partial charge in [-0.3, -0.25) is 9.59 Å². The average molecular weight is 1780 g/mol. The van der Waals surface area contributed by atoms with E-state index in [1.807, 2.05) is 0 Å². The van der Waals surface area contributed by atoms with Crippen molar-refractivity contribution in [1.82, 2.24) is 4.90 Å². The molecule has 12 fully saturated rings. The van der Waals surface area contributed by atoms with E-state index in [4.69, 9.17) is 66.3 Å². The molecule has 0 aromatic carbocycles. The molecule has 44 atom stereocenters. The van der Waals surface area contributed by atoms with E-state index in [0.29, 0.717) is 70.8 Å². The van der Waals surface area contributed by atoms with Crippen LogP contribution in [-0.2, 0) is 85.5 Å². The Morgan fingerprint density at radius 3 is 1.72 bits per heavy atom. The quantitative estimate of drug-likeness (QED) is 0.0109. The fourth-order valence-corrected chi connectivity index (χ4v) is 23.8. The predicted octanol–water partition coefficient (Wildman–Crippen LogP) is -3.44. The molecular formula is C85H137NO38. The van der Waals surface area contributed by atoms with E-state index < -0.39 is 303 Å². The van der Waals surface area contributed by atoms with E-state index in [-0.39, 0.29) is 37.5 Å². The monoisotopic (exact) mass is 1780 g/mol. The number of aliphatic hydroxyl groups excluding tert-OH is 19. The Kier molecular flexibility index (Phi) is 30.5. The number of esters is 1. The molecular weight excluding hydrogens is 1640 g/mol. The van der Waals surface area contributed by atoms with Gasteiger partial charge in [-0.25, -0.2) is 4.79 Å². The zero-order chi connectivity index (χ0) is 90.3. The van der Waals surface area contributed by atoms with Crippen molar-refractivity contribution < 1.29 is 188 Å². The van der Waals surface area contributed by atoms with Gasteiger partial charge in [-0.15, -0.1) is 0 Å². The van der Waals surface area contributed by atoms with Crippen LogP contribution < -0.4 is 0 Å². The maximum Gasteiger partial charge on any atom is 0.335 e. The second-order valence-electron chi connectivity index (χ2n) is 39.3. The lowest BCUT2D eigenvalue weighted by molar-refractivity contribution is -0.474. The van der Waals surface area contributed by atoms with Crippen LogP contribution in [0.2, 0.25) is 0 Å². The number of aliphatic carboxylic acids is 1. The molecule has 13 aliphatic rings. The number of hydrogen-bond acceptors (Lipinski definition) is 37. The van der Waals surface area contributed by atoms with E-state index in [1.165, 1.54) is 18.9 Å². The van der Waals surface area contributed by atoms with Crippen molar-refractivity contribution in [2.75, 3.05) is 40.1 Å². The standard InChI is InChI=1S/C85H137NO38/c1-10-42-53(96)56(99)62(105)73(116-42)111-29-19-17-15-13-11-12-14-16-18-20-49(93)86(9)50-43(32-87)115-71-67(55(50)98)123-85(71,70-59(102)58(101)65(37(2)114-70)119-74-60(103)51(94)40(90)34-112-74)124-78(110)84-28-27-79(3,4)30-39(84)38-21-22-46-80(5)25-24-48(81(6,36-89)45(80)23-26-82(46,7)83(38,8)31-47(84)92)118-77-69(122-76-63(106)57(100)54(97)44(33-88)117-76)66(64(107)68(121-77)72(108)109)120-75-61(104)52(95)41(91)35-113-75/h21,36-37,39-48,50-71,73-77,87-88,90-92,94-107H,10-20,22-35H2,1-9H3,(H,108,109)/t37?,39?,40-,41-,42?,43?,44?,45-,46?,47?,48+,50+,51?,52+,53+,54+,55?,56?,57+,58?,59?,60?,61?,62?,63?,64+,65+,66+,67?,68?,69?,70-,71-,73?,74+,75+,76+,77-,80?,81-,82+,83-,84-,85?/m1/s1. The fourth-order valence-electron chi connectivity index (χ4n) is 23.8. The van der Waals surface area contributed by atoms with Gasteiger partial charge in [0.05, 0.1) is 62.3 Å². The number of ether oxygens (including phenoxy) is 14. The Hall–Kier alpha value is -3.46. The minimum atomic E-state index is -2.63. The number of carboxylic acids is 1. The number of carboxylic acid groups (broad SMARTS) is 1. The molecule has 0 spiro atoms. The summed E-state index contributed by atoms with van der Waals surface area (Å²) in [4.78, 5) is 59.7. The topological polar surface area (TPSA) is 605 Å². The number of amides is 1. The first-order valence-corrected chi connectivity index (χ1v) is 44.6. The third-order valence-corrected chi connectivity index (χ3v) is 31.4. The van der Waals surface area contributed by atoms with Crippen LogP contribution in [0.5, 0.6) is 0 Å². The summed E-state index contributed by atoms with van der Waals surface area (Å²) >= 11 is 0. The molecule has 0 aromatic rings. The molecule has 710 valence electrons. The van der Waals surface area contributed by atoms with Crippen LogP contribution in [0.15, 0.2) is 11.6 Å². The number of aliphatic hydroxyl groups is 19. The van der Waals surface area contributed by atoms with Crippen LogP contribution in [-0.4, -0.2) is 392 Å². The molecule has 0 bridgehead atoms. The molecule has 22 unspecified atom stereocenters. The number of aldehydes is 1. The van der Waals surface area contributed by atoms with Crippen molar-refractivity contribution in [3.63, 3.8) is 0 Å². The van der Waals surface area contributed by atoms with Gasteiger partial charge in [0.25, 0.3) is 5.79 Å². The summed E-state index contributed by atoms with van der Waals surface area (Å²) in [6.07, 6.45) is -44.5. The van der Waals surface area contributed by atoms with E-state index in [2.05, 4.69) is 40.7 Å². The molecule has 1 amide bonds. The highest BCUT2D eigenvalue weighted by Crippen LogP contribution is 2.76. The molecule has 8 saturated heterocycles. The summed E-state index contributed by atoms with van der Waals surface area (Å²) in [6.45, 7) is 12.9. The Bertz CT molecular complexity index is 3640. The molecule has 0 aromatic heterocycles. The van der Waals surface area contributed by atoms with E-state index >= 15 is 4.79 Å². The van der Waals surface area contributed by atoms with Crippen LogP contribution in [0.25, 0.3) is 0 Å². The molecule has 5 aliphatic carbocycles. The third-order valence-electron chi connectivity index (χ3n) is 31.4. The summed E-state index contributed by atoms with van der Waals surface area (Å²) in [6, 6.07) is -1.26. The third kappa shape index (κ3) is 17.5. The zero-order valence-corrected chi connectivity index (χ0v) is 72.0. The lowest BCUT2D eigenvalue weighted by Crippen LogP contribution is -2.84. The molecule has 8 heterocycles. The van der Waals surface area contributed by atoms with Crippen LogP contribution in [0.1, 0.15) is 184 Å². The first-order valence-electron chi connectivity index (χ1n) is 44.6. The molecule has 13 rings (SSSR count). The van der Waals surface area contributed by atoms with Crippen LogP contribution in [0.3, 0.4) is 0 Å². The molecule has 4 saturated carbocycles. The van der Waals surface area contributed by atoms with E-state index in [0.717, 1.165) is 50.4 Å². The predicted molar refractivity (Wildman–Crippen MR) is 419 cm³/mol. The second-order valence-corrected chi connectivity index (χ2v) is 39.3. The van der Waals surface area contributed by atoms with Crippen molar-refractivity contribution in [2.45, 2.75) is 404 Å². The van der Waals surface area contributed by atoms with Crippen molar-refractivity contribution in [3.05, 3.63) is 11.6 Å². The molecule has 20 N–H and O–H groups in total. The highest BCUT2D eigenvalue weighted by Gasteiger charge is 2.78. The Labute approximate surface area is 720 Å². The number of likely N-dealkylation sites (N-methyl/N-ethyl adjacent to an activating group) is 1. The van der Waals surface area contributed by atoms with Crippen LogP contribution in [0.4, 0.5) is 0 Å². The van der Waals surface area contributed by atoms with Gasteiger partial charge >= 0.3 is 11.9 Å². The largest absolute Gasteiger partial charge is 0.479 e. The normalized spacial score (nSPS) is 50.6. The number of unbranched alkanes of at least 4 members (excludes halogenated alkanes) is 8. The van der Waals surface area contributed by atoms with Gasteiger partial charge in [-0.2, -0.15) is 0 Å². The summed E-state index contributed by atoms with van der Waals surface area (Å²) in [5.74, 6) is -7.37. The van der Waals surface area contributed by atoms with Gasteiger partial charge in [-0.05, 0) is 123 Å². The zero-order valence-electron chi connectivity index (χ0n) is 72.0. The van der Waals surface area contributed by atoms with Crippen molar-refractivity contribution in [3.8, 4) is 0 Å². The molecule has 8 aliphatic heterocycles. The lowest BCUT2D eigenvalue weighted by Gasteiger charge is -2.71. The number of allylic oxidation sites excluding steroid dienone is 2. The van der Waals surface area contributed by atoms with Gasteiger partial charge in [0, 0.05) is 20.1 Å². The second kappa shape index (κ2) is 38.6. The highest BCUT2D eigenvalue weighted by atomic mass is 16.8. The van der Waals surface area contributed by atoms with Gasteiger partial charge in [-0.1, -0.05) is 105 Å². The van der Waals surface area contributed by atoms with Crippen molar-refractivity contribution >= 4 is 24.1 Å². The Morgan fingerprint density at radius 1 is 0.540 bits per heavy atom. The number of carbonyl (C=O) groups excluding carboxylic acids is 3. The summed E-state index contributed by atoms with van der Waals surface area (Å²) in [7, 11) is 1.46. The van der Waals surface area contributed by atoms with Gasteiger partial charge in [0.2, 0.25) is 5.91 Å². The number of fused-ring (bicyclic) bond motifs is 8. The maximum absolute atomic E-state index is 16.6. The average Bonchev–Trinajstić information content (AvgIpc) is 0.665. The number of carbonyl (C=O) groups is 4. The summed E-state index contributed by atoms with van der Waals surface area (Å²) < 4.78 is 86.3. The van der Waals surface area contributed by atoms with Gasteiger partial charge < -0.3 is 178 Å².